The van der Waals surface area contributed by atoms with E-state index >= 15 is 0 Å². The summed E-state index contributed by atoms with van der Waals surface area (Å²) in [6.45, 7) is 3.99. The summed E-state index contributed by atoms with van der Waals surface area (Å²) in [5.74, 6) is -0.318. The molecule has 1 fully saturated rings. The average molecular weight is 443 g/mol. The van der Waals surface area contributed by atoms with E-state index < -0.39 is 0 Å². The van der Waals surface area contributed by atoms with Crippen molar-refractivity contribution >= 4 is 35.0 Å². The second-order valence-corrected chi connectivity index (χ2v) is 7.96. The normalized spacial score (nSPS) is 15.2. The number of benzene rings is 2. The van der Waals surface area contributed by atoms with Crippen LogP contribution in [0.3, 0.4) is 0 Å². The maximum absolute atomic E-state index is 12.8. The minimum Gasteiger partial charge on any atom is -0.349 e. The Labute approximate surface area is 187 Å². The summed E-state index contributed by atoms with van der Waals surface area (Å²) in [6, 6.07) is 16.2. The van der Waals surface area contributed by atoms with Crippen LogP contribution in [0, 0.1) is 0 Å². The van der Waals surface area contributed by atoms with E-state index in [1.807, 2.05) is 47.4 Å². The molecule has 1 aliphatic heterocycles. The standard InChI is InChI=1S/C23H27ClN4O3/c1-17(29)25-21(18-7-3-2-4-8-18)15-23(31)28-13-11-27(12-14-28)16-22(30)26-20-10-6-5-9-19(20)24/h2-10,21H,11-16H2,1H3,(H,25,29)(H,26,30)/t21-/m1/s1. The third-order valence-electron chi connectivity index (χ3n) is 5.20. The molecule has 1 atom stereocenters. The van der Waals surface area contributed by atoms with Crippen molar-refractivity contribution in [1.29, 1.82) is 0 Å². The van der Waals surface area contributed by atoms with Crippen molar-refractivity contribution in [1.82, 2.24) is 15.1 Å². The van der Waals surface area contributed by atoms with Gasteiger partial charge in [-0.2, -0.15) is 0 Å². The number of nitrogens with one attached hydrogen (secondary N) is 2. The van der Waals surface area contributed by atoms with Gasteiger partial charge in [-0.25, -0.2) is 0 Å². The highest BCUT2D eigenvalue weighted by atomic mass is 35.5. The summed E-state index contributed by atoms with van der Waals surface area (Å²) in [4.78, 5) is 40.6. The molecule has 0 unspecified atom stereocenters. The van der Waals surface area contributed by atoms with Gasteiger partial charge in [-0.1, -0.05) is 54.1 Å². The molecule has 7 nitrogen and oxygen atoms in total. The number of carbonyl (C=O) groups excluding carboxylic acids is 3. The topological polar surface area (TPSA) is 81.8 Å². The Balaban J connectivity index is 1.49. The lowest BCUT2D eigenvalue weighted by Crippen LogP contribution is -2.51. The van der Waals surface area contributed by atoms with Crippen molar-refractivity contribution in [3.63, 3.8) is 0 Å². The Morgan fingerprint density at radius 2 is 1.61 bits per heavy atom. The van der Waals surface area contributed by atoms with Crippen molar-refractivity contribution < 1.29 is 14.4 Å². The Morgan fingerprint density at radius 3 is 2.26 bits per heavy atom. The van der Waals surface area contributed by atoms with Crippen LogP contribution in [0.1, 0.15) is 24.9 Å². The van der Waals surface area contributed by atoms with E-state index in [-0.39, 0.29) is 36.7 Å². The number of halogens is 1. The number of hydrogen-bond donors (Lipinski definition) is 2. The van der Waals surface area contributed by atoms with E-state index in [0.717, 1.165) is 5.56 Å². The highest BCUT2D eigenvalue weighted by Gasteiger charge is 2.25. The van der Waals surface area contributed by atoms with Crippen LogP contribution in [0.2, 0.25) is 5.02 Å². The van der Waals surface area contributed by atoms with Gasteiger partial charge in [0.15, 0.2) is 0 Å². The van der Waals surface area contributed by atoms with E-state index in [4.69, 9.17) is 11.6 Å². The second kappa shape index (κ2) is 10.9. The van der Waals surface area contributed by atoms with Gasteiger partial charge in [0.1, 0.15) is 0 Å². The number of rotatable bonds is 7. The van der Waals surface area contributed by atoms with E-state index in [1.54, 1.807) is 17.0 Å². The summed E-state index contributed by atoms with van der Waals surface area (Å²) in [5, 5.41) is 6.19. The summed E-state index contributed by atoms with van der Waals surface area (Å²) >= 11 is 6.08. The minimum atomic E-state index is -0.356. The van der Waals surface area contributed by atoms with E-state index in [9.17, 15) is 14.4 Å². The van der Waals surface area contributed by atoms with Crippen molar-refractivity contribution in [3.8, 4) is 0 Å². The van der Waals surface area contributed by atoms with Crippen LogP contribution < -0.4 is 10.6 Å². The number of nitrogens with zero attached hydrogens (tertiary/aromatic N) is 2. The molecule has 0 saturated carbocycles. The van der Waals surface area contributed by atoms with E-state index in [1.165, 1.54) is 6.92 Å². The monoisotopic (exact) mass is 442 g/mol. The Morgan fingerprint density at radius 1 is 0.968 bits per heavy atom. The molecule has 1 saturated heterocycles. The number of amides is 3. The first-order valence-electron chi connectivity index (χ1n) is 10.3. The van der Waals surface area contributed by atoms with Crippen LogP contribution in [0.25, 0.3) is 0 Å². The second-order valence-electron chi connectivity index (χ2n) is 7.55. The van der Waals surface area contributed by atoms with Gasteiger partial charge in [-0.3, -0.25) is 19.3 Å². The predicted molar refractivity (Wildman–Crippen MR) is 121 cm³/mol. The molecule has 0 bridgehead atoms. The largest absolute Gasteiger partial charge is 0.349 e. The highest BCUT2D eigenvalue weighted by molar-refractivity contribution is 6.33. The van der Waals surface area contributed by atoms with E-state index in [2.05, 4.69) is 10.6 Å². The predicted octanol–water partition coefficient (Wildman–Crippen LogP) is 2.69. The molecule has 0 aromatic heterocycles. The Hall–Kier alpha value is -2.90. The molecule has 164 valence electrons. The fourth-order valence-electron chi connectivity index (χ4n) is 3.60. The minimum absolute atomic E-state index is 0.0113. The van der Waals surface area contributed by atoms with Gasteiger partial charge in [-0.05, 0) is 17.7 Å². The lowest BCUT2D eigenvalue weighted by Gasteiger charge is -2.35. The number of hydrogen-bond acceptors (Lipinski definition) is 4. The zero-order chi connectivity index (χ0) is 22.2. The van der Waals surface area contributed by atoms with Crippen LogP contribution in [-0.4, -0.2) is 60.2 Å². The third-order valence-corrected chi connectivity index (χ3v) is 5.53. The molecule has 3 rings (SSSR count). The molecule has 0 spiro atoms. The zero-order valence-corrected chi connectivity index (χ0v) is 18.3. The molecule has 0 radical (unpaired) electrons. The molecule has 1 heterocycles. The maximum Gasteiger partial charge on any atom is 0.238 e. The summed E-state index contributed by atoms with van der Waals surface area (Å²) < 4.78 is 0. The molecule has 0 aliphatic carbocycles. The highest BCUT2D eigenvalue weighted by Crippen LogP contribution is 2.21. The summed E-state index contributed by atoms with van der Waals surface area (Å²) in [6.07, 6.45) is 0.205. The van der Waals surface area contributed by atoms with Crippen molar-refractivity contribution in [3.05, 3.63) is 65.2 Å². The summed E-state index contributed by atoms with van der Waals surface area (Å²) in [7, 11) is 0. The maximum atomic E-state index is 12.8. The first-order valence-corrected chi connectivity index (χ1v) is 10.7. The van der Waals surface area contributed by atoms with Gasteiger partial charge in [0.25, 0.3) is 0 Å². The number of carbonyl (C=O) groups is 3. The zero-order valence-electron chi connectivity index (χ0n) is 17.5. The molecule has 2 aromatic rings. The smallest absolute Gasteiger partial charge is 0.238 e. The van der Waals surface area contributed by atoms with Crippen LogP contribution >= 0.6 is 11.6 Å². The van der Waals surface area contributed by atoms with Crippen molar-refractivity contribution in [2.75, 3.05) is 38.0 Å². The molecule has 1 aliphatic rings. The molecule has 2 aromatic carbocycles. The van der Waals surface area contributed by atoms with Gasteiger partial charge >= 0.3 is 0 Å². The molecular weight excluding hydrogens is 416 g/mol. The fourth-order valence-corrected chi connectivity index (χ4v) is 3.78. The third kappa shape index (κ3) is 6.80. The van der Waals surface area contributed by atoms with Crippen molar-refractivity contribution in [2.45, 2.75) is 19.4 Å². The van der Waals surface area contributed by atoms with Gasteiger partial charge in [-0.15, -0.1) is 0 Å². The first-order chi connectivity index (χ1) is 14.9. The van der Waals surface area contributed by atoms with Crippen LogP contribution in [0.5, 0.6) is 0 Å². The van der Waals surface area contributed by atoms with Gasteiger partial charge < -0.3 is 15.5 Å². The Kier molecular flexibility index (Phi) is 8.03. The molecule has 2 N–H and O–H groups in total. The average Bonchev–Trinajstić information content (AvgIpc) is 2.75. The molecule has 31 heavy (non-hydrogen) atoms. The lowest BCUT2D eigenvalue weighted by atomic mass is 10.0. The Bertz CT molecular complexity index is 914. The number of piperazine rings is 1. The quantitative estimate of drug-likeness (QED) is 0.690. The van der Waals surface area contributed by atoms with Gasteiger partial charge in [0.2, 0.25) is 17.7 Å². The SMILES string of the molecule is CC(=O)N[C@H](CC(=O)N1CCN(CC(=O)Nc2ccccc2Cl)CC1)c1ccccc1. The molecule has 8 heteroatoms. The van der Waals surface area contributed by atoms with Crippen LogP contribution in [0.15, 0.2) is 54.6 Å². The fraction of sp³-hybridized carbons (Fsp3) is 0.348. The van der Waals surface area contributed by atoms with Crippen LogP contribution in [0.4, 0.5) is 5.69 Å². The molecular formula is C23H27ClN4O3. The van der Waals surface area contributed by atoms with Gasteiger partial charge in [0, 0.05) is 33.1 Å². The summed E-state index contributed by atoms with van der Waals surface area (Å²) in [5.41, 5.74) is 1.49. The van der Waals surface area contributed by atoms with Gasteiger partial charge in [0.05, 0.1) is 29.7 Å². The molecule has 3 amide bonds. The van der Waals surface area contributed by atoms with Crippen molar-refractivity contribution in [2.24, 2.45) is 0 Å². The number of para-hydroxylation sites is 1. The lowest BCUT2D eigenvalue weighted by molar-refractivity contribution is -0.133. The number of anilines is 1. The van der Waals surface area contributed by atoms with Crippen LogP contribution in [-0.2, 0) is 14.4 Å². The van der Waals surface area contributed by atoms with E-state index in [0.29, 0.717) is 36.9 Å². The first kappa shape index (κ1) is 22.8.